The van der Waals surface area contributed by atoms with E-state index in [1.54, 1.807) is 13.0 Å². The highest BCUT2D eigenvalue weighted by Crippen LogP contribution is 2.25. The predicted octanol–water partition coefficient (Wildman–Crippen LogP) is 4.12. The molecule has 0 heterocycles. The Balaban J connectivity index is 2.17. The Morgan fingerprint density at radius 1 is 1.12 bits per heavy atom. The fourth-order valence-corrected chi connectivity index (χ4v) is 2.76. The lowest BCUT2D eigenvalue weighted by Crippen LogP contribution is -2.16. The molecule has 0 bridgehead atoms. The quantitative estimate of drug-likeness (QED) is 0.536. The van der Waals surface area contributed by atoms with Gasteiger partial charge in [0.05, 0.1) is 12.5 Å². The highest BCUT2D eigenvalue weighted by atomic mass is 16.5. The van der Waals surface area contributed by atoms with Gasteiger partial charge in [-0.25, -0.2) is 0 Å². The number of hydrogen-bond acceptors (Lipinski definition) is 4. The van der Waals surface area contributed by atoms with Gasteiger partial charge < -0.3 is 14.3 Å². The van der Waals surface area contributed by atoms with Crippen molar-refractivity contribution >= 4 is 12.3 Å². The molecule has 0 fully saturated rings. The zero-order valence-corrected chi connectivity index (χ0v) is 15.0. The molecule has 2 aromatic carbocycles. The molecule has 0 spiro atoms. The molecule has 25 heavy (non-hydrogen) atoms. The average Bonchev–Trinajstić information content (AvgIpc) is 2.59. The fraction of sp³-hybridized carbons (Fsp3) is 0.333. The summed E-state index contributed by atoms with van der Waals surface area (Å²) in [5.41, 5.74) is 4.25. The minimum atomic E-state index is -0.596. The number of carbonyl (C=O) groups excluding carboxylic acids is 2. The van der Waals surface area contributed by atoms with Crippen LogP contribution in [0.15, 0.2) is 42.5 Å². The Kier molecular flexibility index (Phi) is 6.75. The summed E-state index contributed by atoms with van der Waals surface area (Å²) in [4.78, 5) is 23.0. The molecule has 0 N–H and O–H groups in total. The van der Waals surface area contributed by atoms with E-state index in [4.69, 9.17) is 9.47 Å². The third kappa shape index (κ3) is 4.92. The lowest BCUT2D eigenvalue weighted by atomic mass is 9.96. The molecule has 0 saturated carbocycles. The fourth-order valence-electron chi connectivity index (χ4n) is 2.76. The van der Waals surface area contributed by atoms with E-state index in [-0.39, 0.29) is 19.0 Å². The molecule has 2 aromatic rings. The van der Waals surface area contributed by atoms with Gasteiger partial charge in [0.2, 0.25) is 0 Å². The first kappa shape index (κ1) is 18.7. The third-order valence-corrected chi connectivity index (χ3v) is 4.19. The van der Waals surface area contributed by atoms with Crippen molar-refractivity contribution in [2.45, 2.75) is 39.7 Å². The van der Waals surface area contributed by atoms with Crippen molar-refractivity contribution in [3.8, 4) is 5.75 Å². The number of carbonyl (C=O) groups is 2. The Bertz CT molecular complexity index is 716. The number of aryl methyl sites for hydroxylation is 2. The van der Waals surface area contributed by atoms with Crippen molar-refractivity contribution in [2.75, 3.05) is 6.61 Å². The van der Waals surface area contributed by atoms with Crippen LogP contribution in [-0.4, -0.2) is 18.9 Å². The minimum absolute atomic E-state index is 0.0964. The van der Waals surface area contributed by atoms with Gasteiger partial charge in [0.25, 0.3) is 0 Å². The van der Waals surface area contributed by atoms with Gasteiger partial charge >= 0.3 is 5.97 Å². The zero-order chi connectivity index (χ0) is 18.2. The van der Waals surface area contributed by atoms with Crippen molar-refractivity contribution in [1.82, 2.24) is 0 Å². The Morgan fingerprint density at radius 3 is 2.44 bits per heavy atom. The molecule has 0 aliphatic carbocycles. The van der Waals surface area contributed by atoms with Gasteiger partial charge in [-0.05, 0) is 55.2 Å². The third-order valence-electron chi connectivity index (χ3n) is 4.19. The van der Waals surface area contributed by atoms with E-state index in [0.717, 1.165) is 17.4 Å². The van der Waals surface area contributed by atoms with Crippen LogP contribution in [0.5, 0.6) is 5.75 Å². The van der Waals surface area contributed by atoms with E-state index in [0.29, 0.717) is 12.4 Å². The van der Waals surface area contributed by atoms with Crippen LogP contribution < -0.4 is 4.74 Å². The second kappa shape index (κ2) is 9.02. The second-order valence-electron chi connectivity index (χ2n) is 5.94. The second-order valence-corrected chi connectivity index (χ2v) is 5.94. The first-order valence-corrected chi connectivity index (χ1v) is 8.45. The number of ether oxygens (including phenoxy) is 2. The van der Waals surface area contributed by atoms with Gasteiger partial charge in [0.1, 0.15) is 18.6 Å². The molecule has 0 aromatic heterocycles. The van der Waals surface area contributed by atoms with Crippen LogP contribution in [0.3, 0.4) is 0 Å². The van der Waals surface area contributed by atoms with Crippen LogP contribution in [0.25, 0.3) is 0 Å². The van der Waals surface area contributed by atoms with Crippen LogP contribution in [0, 0.1) is 13.8 Å². The summed E-state index contributed by atoms with van der Waals surface area (Å²) in [5, 5.41) is 0. The maximum atomic E-state index is 12.1. The Hall–Kier alpha value is -2.62. The zero-order valence-electron chi connectivity index (χ0n) is 15.0. The van der Waals surface area contributed by atoms with Crippen molar-refractivity contribution in [3.05, 3.63) is 64.7 Å². The van der Waals surface area contributed by atoms with Gasteiger partial charge in [-0.3, -0.25) is 4.79 Å². The summed E-state index contributed by atoms with van der Waals surface area (Å²) < 4.78 is 11.0. The number of benzene rings is 2. The standard InChI is InChI=1S/C21H24O4/c1-4-24-21(23)19(11-12-22)17-9-6-10-18(13-17)25-14-20-15(2)7-5-8-16(20)3/h5-10,12-13,19H,4,11,14H2,1-3H3. The highest BCUT2D eigenvalue weighted by molar-refractivity contribution is 5.81. The molecule has 4 nitrogen and oxygen atoms in total. The molecule has 1 atom stereocenters. The number of rotatable bonds is 8. The first-order valence-electron chi connectivity index (χ1n) is 8.45. The van der Waals surface area contributed by atoms with Gasteiger partial charge in [-0.1, -0.05) is 30.3 Å². The summed E-state index contributed by atoms with van der Waals surface area (Å²) in [7, 11) is 0. The number of hydrogen-bond donors (Lipinski definition) is 0. The van der Waals surface area contributed by atoms with E-state index in [1.807, 2.05) is 24.3 Å². The smallest absolute Gasteiger partial charge is 0.313 e. The van der Waals surface area contributed by atoms with Gasteiger partial charge in [0.15, 0.2) is 0 Å². The lowest BCUT2D eigenvalue weighted by molar-refractivity contribution is -0.145. The minimum Gasteiger partial charge on any atom is -0.489 e. The van der Waals surface area contributed by atoms with Crippen LogP contribution >= 0.6 is 0 Å². The van der Waals surface area contributed by atoms with Crippen molar-refractivity contribution < 1.29 is 19.1 Å². The maximum Gasteiger partial charge on any atom is 0.313 e. The van der Waals surface area contributed by atoms with Crippen LogP contribution in [-0.2, 0) is 20.9 Å². The van der Waals surface area contributed by atoms with Crippen LogP contribution in [0.4, 0.5) is 0 Å². The Morgan fingerprint density at radius 2 is 1.80 bits per heavy atom. The van der Waals surface area contributed by atoms with Gasteiger partial charge in [-0.15, -0.1) is 0 Å². The van der Waals surface area contributed by atoms with E-state index in [2.05, 4.69) is 26.0 Å². The molecule has 2 rings (SSSR count). The van der Waals surface area contributed by atoms with Crippen molar-refractivity contribution in [3.63, 3.8) is 0 Å². The van der Waals surface area contributed by atoms with Gasteiger partial charge in [-0.2, -0.15) is 0 Å². The van der Waals surface area contributed by atoms with E-state index >= 15 is 0 Å². The van der Waals surface area contributed by atoms with Crippen molar-refractivity contribution in [2.24, 2.45) is 0 Å². The molecular formula is C21H24O4. The Labute approximate surface area is 148 Å². The molecule has 1 unspecified atom stereocenters. The van der Waals surface area contributed by atoms with Crippen LogP contribution in [0.1, 0.15) is 41.5 Å². The number of esters is 1. The predicted molar refractivity (Wildman–Crippen MR) is 96.7 cm³/mol. The molecule has 0 aliphatic rings. The molecule has 0 radical (unpaired) electrons. The maximum absolute atomic E-state index is 12.1. The summed E-state index contributed by atoms with van der Waals surface area (Å²) in [6.45, 7) is 6.61. The monoisotopic (exact) mass is 340 g/mol. The van der Waals surface area contributed by atoms with Crippen molar-refractivity contribution in [1.29, 1.82) is 0 Å². The molecule has 0 aliphatic heterocycles. The number of aldehydes is 1. The van der Waals surface area contributed by atoms with E-state index < -0.39 is 5.92 Å². The molecular weight excluding hydrogens is 316 g/mol. The molecule has 0 amide bonds. The SMILES string of the molecule is CCOC(=O)C(CC=O)c1cccc(OCc2c(C)cccc2C)c1. The molecule has 4 heteroatoms. The average molecular weight is 340 g/mol. The normalized spacial score (nSPS) is 11.6. The molecule has 0 saturated heterocycles. The highest BCUT2D eigenvalue weighted by Gasteiger charge is 2.22. The summed E-state index contributed by atoms with van der Waals surface area (Å²) in [6, 6.07) is 13.4. The first-order chi connectivity index (χ1) is 12.1. The van der Waals surface area contributed by atoms with Crippen LogP contribution in [0.2, 0.25) is 0 Å². The summed E-state index contributed by atoms with van der Waals surface area (Å²) in [5.74, 6) is -0.317. The largest absolute Gasteiger partial charge is 0.489 e. The topological polar surface area (TPSA) is 52.6 Å². The molecule has 132 valence electrons. The lowest BCUT2D eigenvalue weighted by Gasteiger charge is -2.15. The van der Waals surface area contributed by atoms with E-state index in [1.165, 1.54) is 11.1 Å². The van der Waals surface area contributed by atoms with Gasteiger partial charge in [0, 0.05) is 6.42 Å². The van der Waals surface area contributed by atoms with E-state index in [9.17, 15) is 9.59 Å². The summed E-state index contributed by atoms with van der Waals surface area (Å²) >= 11 is 0. The summed E-state index contributed by atoms with van der Waals surface area (Å²) in [6.07, 6.45) is 0.838.